The number of carbonyl (C=O) groups is 2. The summed E-state index contributed by atoms with van der Waals surface area (Å²) in [5.41, 5.74) is 0.582. The van der Waals surface area contributed by atoms with Crippen LogP contribution in [0.3, 0.4) is 0 Å². The van der Waals surface area contributed by atoms with E-state index in [1.165, 1.54) is 24.3 Å². The van der Waals surface area contributed by atoms with Gasteiger partial charge in [-0.05, 0) is 36.0 Å². The molecular formula is C16H15NO6. The van der Waals surface area contributed by atoms with Crippen LogP contribution in [0.15, 0.2) is 36.4 Å². The van der Waals surface area contributed by atoms with Crippen LogP contribution in [-0.2, 0) is 20.9 Å². The van der Waals surface area contributed by atoms with Gasteiger partial charge in [-0.2, -0.15) is 0 Å². The van der Waals surface area contributed by atoms with Crippen molar-refractivity contribution in [3.63, 3.8) is 0 Å². The van der Waals surface area contributed by atoms with Gasteiger partial charge in [0.1, 0.15) is 6.61 Å². The number of nitrogens with zero attached hydrogens (tertiary/aromatic N) is 1. The number of fused-ring (bicyclic) bond motifs is 2. The fourth-order valence-corrected chi connectivity index (χ4v) is 3.44. The van der Waals surface area contributed by atoms with Gasteiger partial charge >= 0.3 is 11.9 Å². The highest BCUT2D eigenvalue weighted by Crippen LogP contribution is 2.48. The van der Waals surface area contributed by atoms with E-state index >= 15 is 0 Å². The standard InChI is InChI=1S/C16H15NO6/c18-15(19)13-10-3-4-11(7-10)14(13)16(20)23-8-9-1-5-12(6-2-9)17(21)22/h1-6,10-11,13-14H,7-8H2,(H,18,19)/t10-,11-,13-,14+/m0/s1. The van der Waals surface area contributed by atoms with Crippen molar-refractivity contribution in [3.05, 3.63) is 52.1 Å². The molecule has 0 heterocycles. The van der Waals surface area contributed by atoms with E-state index in [4.69, 9.17) is 4.74 Å². The summed E-state index contributed by atoms with van der Waals surface area (Å²) in [6.45, 7) is -0.0270. The fourth-order valence-electron chi connectivity index (χ4n) is 3.44. The third kappa shape index (κ3) is 2.81. The number of esters is 1. The number of carboxylic acid groups (broad SMARTS) is 1. The highest BCUT2D eigenvalue weighted by Gasteiger charge is 2.52. The Morgan fingerprint density at radius 3 is 2.35 bits per heavy atom. The minimum absolute atomic E-state index is 0.0270. The molecule has 2 bridgehead atoms. The van der Waals surface area contributed by atoms with Crippen molar-refractivity contribution in [2.45, 2.75) is 13.0 Å². The summed E-state index contributed by atoms with van der Waals surface area (Å²) >= 11 is 0. The molecule has 1 N–H and O–H groups in total. The maximum absolute atomic E-state index is 12.3. The van der Waals surface area contributed by atoms with Crippen molar-refractivity contribution in [1.29, 1.82) is 0 Å². The van der Waals surface area contributed by atoms with Gasteiger partial charge in [0.2, 0.25) is 0 Å². The summed E-state index contributed by atoms with van der Waals surface area (Å²) in [4.78, 5) is 33.7. The van der Waals surface area contributed by atoms with Gasteiger partial charge in [0.05, 0.1) is 16.8 Å². The first-order valence-corrected chi connectivity index (χ1v) is 7.28. The summed E-state index contributed by atoms with van der Waals surface area (Å²) < 4.78 is 5.24. The Morgan fingerprint density at radius 1 is 1.17 bits per heavy atom. The quantitative estimate of drug-likeness (QED) is 0.386. The van der Waals surface area contributed by atoms with Crippen LogP contribution in [0.1, 0.15) is 12.0 Å². The third-order valence-electron chi connectivity index (χ3n) is 4.54. The number of nitro groups is 1. The van der Waals surface area contributed by atoms with Crippen LogP contribution in [0.2, 0.25) is 0 Å². The lowest BCUT2D eigenvalue weighted by molar-refractivity contribution is -0.384. The highest BCUT2D eigenvalue weighted by atomic mass is 16.6. The molecule has 120 valence electrons. The average molecular weight is 317 g/mol. The van der Waals surface area contributed by atoms with E-state index in [1.54, 1.807) is 0 Å². The second kappa shape index (κ2) is 5.83. The van der Waals surface area contributed by atoms with Crippen LogP contribution >= 0.6 is 0 Å². The number of hydrogen-bond acceptors (Lipinski definition) is 5. The Kier molecular flexibility index (Phi) is 3.85. The van der Waals surface area contributed by atoms with Crippen LogP contribution < -0.4 is 0 Å². The van der Waals surface area contributed by atoms with Gasteiger partial charge in [-0.3, -0.25) is 19.7 Å². The lowest BCUT2D eigenvalue weighted by Crippen LogP contribution is -2.34. The number of carboxylic acids is 1. The van der Waals surface area contributed by atoms with E-state index in [1.807, 2.05) is 12.2 Å². The Bertz CT molecular complexity index is 680. The molecule has 0 aromatic heterocycles. The lowest BCUT2D eigenvalue weighted by atomic mass is 9.83. The van der Waals surface area contributed by atoms with E-state index in [0.717, 1.165) is 0 Å². The molecule has 1 saturated carbocycles. The molecule has 3 rings (SSSR count). The van der Waals surface area contributed by atoms with E-state index in [-0.39, 0.29) is 24.1 Å². The third-order valence-corrected chi connectivity index (χ3v) is 4.54. The van der Waals surface area contributed by atoms with E-state index in [9.17, 15) is 24.8 Å². The van der Waals surface area contributed by atoms with Gasteiger partial charge in [-0.25, -0.2) is 0 Å². The number of carbonyl (C=O) groups excluding carboxylic acids is 1. The molecule has 0 saturated heterocycles. The molecule has 0 spiro atoms. The molecule has 7 nitrogen and oxygen atoms in total. The normalized spacial score (nSPS) is 27.8. The number of allylic oxidation sites excluding steroid dienone is 2. The Balaban J connectivity index is 1.64. The number of nitro benzene ring substituents is 1. The summed E-state index contributed by atoms with van der Waals surface area (Å²) in [6.07, 6.45) is 4.43. The summed E-state index contributed by atoms with van der Waals surface area (Å²) in [7, 11) is 0. The molecule has 4 atom stereocenters. The molecule has 7 heteroatoms. The smallest absolute Gasteiger partial charge is 0.310 e. The molecule has 1 aromatic rings. The second-order valence-corrected chi connectivity index (χ2v) is 5.87. The van der Waals surface area contributed by atoms with Crippen molar-refractivity contribution < 1.29 is 24.4 Å². The van der Waals surface area contributed by atoms with Gasteiger partial charge < -0.3 is 9.84 Å². The molecule has 0 amide bonds. The molecule has 0 aliphatic heterocycles. The summed E-state index contributed by atoms with van der Waals surface area (Å²) in [5.74, 6) is -3.05. The van der Waals surface area contributed by atoms with E-state index in [0.29, 0.717) is 12.0 Å². The Labute approximate surface area is 131 Å². The van der Waals surface area contributed by atoms with E-state index < -0.39 is 28.7 Å². The summed E-state index contributed by atoms with van der Waals surface area (Å²) in [6, 6.07) is 5.70. The molecule has 2 aliphatic carbocycles. The van der Waals surface area contributed by atoms with Crippen molar-refractivity contribution in [2.75, 3.05) is 0 Å². The SMILES string of the molecule is O=C(O)[C@@H]1[C@H](C(=O)OCc2ccc([N+](=O)[O-])cc2)[C@H]2C=C[C@H]1C2. The van der Waals surface area contributed by atoms with E-state index in [2.05, 4.69) is 0 Å². The fraction of sp³-hybridized carbons (Fsp3) is 0.375. The first-order valence-electron chi connectivity index (χ1n) is 7.28. The maximum atomic E-state index is 12.3. The predicted octanol–water partition coefficient (Wildman–Crippen LogP) is 2.16. The molecule has 0 unspecified atom stereocenters. The second-order valence-electron chi connectivity index (χ2n) is 5.87. The number of rotatable bonds is 5. The molecule has 2 aliphatic rings. The predicted molar refractivity (Wildman–Crippen MR) is 78.2 cm³/mol. The Hall–Kier alpha value is -2.70. The minimum Gasteiger partial charge on any atom is -0.481 e. The first kappa shape index (κ1) is 15.2. The number of benzene rings is 1. The zero-order valence-electron chi connectivity index (χ0n) is 12.1. The molecule has 1 fully saturated rings. The van der Waals surface area contributed by atoms with Crippen LogP contribution in [0, 0.1) is 33.8 Å². The van der Waals surface area contributed by atoms with Crippen molar-refractivity contribution in [2.24, 2.45) is 23.7 Å². The van der Waals surface area contributed by atoms with Crippen molar-refractivity contribution in [3.8, 4) is 0 Å². The van der Waals surface area contributed by atoms with Crippen LogP contribution in [0.4, 0.5) is 5.69 Å². The van der Waals surface area contributed by atoms with Gasteiger partial charge in [-0.1, -0.05) is 12.2 Å². The number of non-ortho nitro benzene ring substituents is 1. The first-order chi connectivity index (χ1) is 11.0. The van der Waals surface area contributed by atoms with Crippen LogP contribution in [-0.4, -0.2) is 22.0 Å². The van der Waals surface area contributed by atoms with Gasteiger partial charge in [-0.15, -0.1) is 0 Å². The topological polar surface area (TPSA) is 107 Å². The number of ether oxygens (including phenoxy) is 1. The largest absolute Gasteiger partial charge is 0.481 e. The molecular weight excluding hydrogens is 302 g/mol. The van der Waals surface area contributed by atoms with Gasteiger partial charge in [0.15, 0.2) is 0 Å². The zero-order valence-corrected chi connectivity index (χ0v) is 12.1. The van der Waals surface area contributed by atoms with Crippen molar-refractivity contribution >= 4 is 17.6 Å². The molecule has 0 radical (unpaired) electrons. The molecule has 1 aromatic carbocycles. The highest BCUT2D eigenvalue weighted by molar-refractivity contribution is 5.83. The van der Waals surface area contributed by atoms with Gasteiger partial charge in [0.25, 0.3) is 5.69 Å². The monoisotopic (exact) mass is 317 g/mol. The minimum atomic E-state index is -0.973. The number of hydrogen-bond donors (Lipinski definition) is 1. The molecule has 23 heavy (non-hydrogen) atoms. The van der Waals surface area contributed by atoms with Crippen LogP contribution in [0.25, 0.3) is 0 Å². The maximum Gasteiger partial charge on any atom is 0.310 e. The number of aliphatic carboxylic acids is 1. The Morgan fingerprint density at radius 2 is 1.78 bits per heavy atom. The summed E-state index contributed by atoms with van der Waals surface area (Å²) in [5, 5.41) is 19.9. The lowest BCUT2D eigenvalue weighted by Gasteiger charge is -2.23. The van der Waals surface area contributed by atoms with Crippen molar-refractivity contribution in [1.82, 2.24) is 0 Å². The van der Waals surface area contributed by atoms with Crippen LogP contribution in [0.5, 0.6) is 0 Å². The zero-order chi connectivity index (χ0) is 16.6. The average Bonchev–Trinajstić information content (AvgIpc) is 3.13. The van der Waals surface area contributed by atoms with Gasteiger partial charge in [0, 0.05) is 12.1 Å².